The number of nitrogens with one attached hydrogen (secondary N) is 2. The van der Waals surface area contributed by atoms with Gasteiger partial charge in [-0.1, -0.05) is 0 Å². The molecule has 20 heavy (non-hydrogen) atoms. The van der Waals surface area contributed by atoms with Crippen molar-refractivity contribution in [2.75, 3.05) is 38.7 Å². The summed E-state index contributed by atoms with van der Waals surface area (Å²) < 4.78 is 7.22. The SMILES string of the molecule is COCC1(CNc2cnn(C)c(=O)c2Br)CCNCC1. The molecule has 1 fully saturated rings. The molecule has 112 valence electrons. The Morgan fingerprint density at radius 1 is 1.55 bits per heavy atom. The van der Waals surface area contributed by atoms with Crippen molar-refractivity contribution >= 4 is 21.6 Å². The van der Waals surface area contributed by atoms with E-state index in [1.54, 1.807) is 20.4 Å². The number of hydrogen-bond acceptors (Lipinski definition) is 5. The maximum atomic E-state index is 11.8. The summed E-state index contributed by atoms with van der Waals surface area (Å²) >= 11 is 3.33. The second-order valence-electron chi connectivity index (χ2n) is 5.34. The molecule has 0 radical (unpaired) electrons. The maximum Gasteiger partial charge on any atom is 0.282 e. The average molecular weight is 345 g/mol. The minimum atomic E-state index is -0.138. The van der Waals surface area contributed by atoms with Crippen molar-refractivity contribution in [3.8, 4) is 0 Å². The summed E-state index contributed by atoms with van der Waals surface area (Å²) in [7, 11) is 3.37. The van der Waals surface area contributed by atoms with Crippen molar-refractivity contribution in [2.24, 2.45) is 12.5 Å². The van der Waals surface area contributed by atoms with E-state index in [4.69, 9.17) is 4.74 Å². The first-order valence-electron chi connectivity index (χ1n) is 6.73. The molecule has 0 saturated carbocycles. The van der Waals surface area contributed by atoms with E-state index in [0.717, 1.165) is 44.8 Å². The lowest BCUT2D eigenvalue weighted by atomic mass is 9.79. The summed E-state index contributed by atoms with van der Waals surface area (Å²) in [5, 5.41) is 10.8. The lowest BCUT2D eigenvalue weighted by molar-refractivity contribution is 0.0635. The van der Waals surface area contributed by atoms with Crippen LogP contribution in [-0.2, 0) is 11.8 Å². The molecule has 0 unspecified atom stereocenters. The van der Waals surface area contributed by atoms with E-state index in [9.17, 15) is 4.79 Å². The van der Waals surface area contributed by atoms with Crippen LogP contribution in [0.5, 0.6) is 0 Å². The van der Waals surface area contributed by atoms with Crippen molar-refractivity contribution in [3.63, 3.8) is 0 Å². The number of aromatic nitrogens is 2. The van der Waals surface area contributed by atoms with Crippen molar-refractivity contribution < 1.29 is 4.74 Å². The van der Waals surface area contributed by atoms with Gasteiger partial charge in [0.25, 0.3) is 5.56 Å². The van der Waals surface area contributed by atoms with E-state index in [1.165, 1.54) is 4.68 Å². The average Bonchev–Trinajstić information content (AvgIpc) is 2.45. The molecule has 0 aromatic carbocycles. The summed E-state index contributed by atoms with van der Waals surface area (Å²) in [6.45, 7) is 3.50. The quantitative estimate of drug-likeness (QED) is 0.833. The number of anilines is 1. The number of methoxy groups -OCH3 is 1. The van der Waals surface area contributed by atoms with Gasteiger partial charge in [0.2, 0.25) is 0 Å². The molecular weight excluding hydrogens is 324 g/mol. The van der Waals surface area contributed by atoms with Crippen molar-refractivity contribution in [1.82, 2.24) is 15.1 Å². The molecule has 0 atom stereocenters. The first-order chi connectivity index (χ1) is 9.58. The van der Waals surface area contributed by atoms with Gasteiger partial charge in [0.05, 0.1) is 18.5 Å². The molecule has 1 aliphatic heterocycles. The molecule has 0 amide bonds. The topological polar surface area (TPSA) is 68.2 Å². The Kier molecular flexibility index (Phi) is 5.17. The van der Waals surface area contributed by atoms with Crippen LogP contribution in [0.4, 0.5) is 5.69 Å². The third-order valence-corrected chi connectivity index (χ3v) is 4.61. The van der Waals surface area contributed by atoms with Crippen LogP contribution in [0, 0.1) is 5.41 Å². The smallest absolute Gasteiger partial charge is 0.282 e. The molecule has 1 aromatic rings. The van der Waals surface area contributed by atoms with Crippen LogP contribution in [0.15, 0.2) is 15.5 Å². The van der Waals surface area contributed by atoms with E-state index >= 15 is 0 Å². The van der Waals surface area contributed by atoms with Crippen LogP contribution >= 0.6 is 15.9 Å². The van der Waals surface area contributed by atoms with Gasteiger partial charge in [-0.2, -0.15) is 5.10 Å². The third kappa shape index (κ3) is 3.39. The van der Waals surface area contributed by atoms with Crippen LogP contribution in [0.3, 0.4) is 0 Å². The second-order valence-corrected chi connectivity index (χ2v) is 6.13. The van der Waals surface area contributed by atoms with Crippen LogP contribution in [0.2, 0.25) is 0 Å². The highest BCUT2D eigenvalue weighted by molar-refractivity contribution is 9.10. The van der Waals surface area contributed by atoms with Gasteiger partial charge in [-0.25, -0.2) is 4.68 Å². The number of nitrogens with zero attached hydrogens (tertiary/aromatic N) is 2. The van der Waals surface area contributed by atoms with Crippen molar-refractivity contribution in [1.29, 1.82) is 0 Å². The molecule has 0 spiro atoms. The van der Waals surface area contributed by atoms with Gasteiger partial charge in [-0.3, -0.25) is 4.79 Å². The predicted octanol–water partition coefficient (Wildman–Crippen LogP) is 0.971. The molecule has 0 bridgehead atoms. The highest BCUT2D eigenvalue weighted by Gasteiger charge is 2.32. The second kappa shape index (κ2) is 6.69. The minimum absolute atomic E-state index is 0.112. The normalized spacial score (nSPS) is 17.9. The zero-order valence-corrected chi connectivity index (χ0v) is 13.5. The van der Waals surface area contributed by atoms with Gasteiger partial charge in [0.15, 0.2) is 0 Å². The Balaban J connectivity index is 2.10. The van der Waals surface area contributed by atoms with E-state index in [1.807, 2.05) is 0 Å². The number of rotatable bonds is 5. The fourth-order valence-corrected chi connectivity index (χ4v) is 3.05. The third-order valence-electron chi connectivity index (χ3n) is 3.85. The lowest BCUT2D eigenvalue weighted by Gasteiger charge is -2.37. The molecule has 1 saturated heterocycles. The fourth-order valence-electron chi connectivity index (χ4n) is 2.55. The molecule has 2 heterocycles. The Bertz CT molecular complexity index is 506. The molecule has 7 heteroatoms. The zero-order chi connectivity index (χ0) is 14.6. The Morgan fingerprint density at radius 2 is 2.25 bits per heavy atom. The number of halogens is 1. The molecule has 1 aromatic heterocycles. The van der Waals surface area contributed by atoms with Gasteiger partial charge in [-0.15, -0.1) is 0 Å². The van der Waals surface area contributed by atoms with E-state index in [-0.39, 0.29) is 11.0 Å². The van der Waals surface area contributed by atoms with E-state index in [0.29, 0.717) is 4.47 Å². The first-order valence-corrected chi connectivity index (χ1v) is 7.53. The first kappa shape index (κ1) is 15.5. The number of ether oxygens (including phenoxy) is 1. The van der Waals surface area contributed by atoms with Crippen LogP contribution < -0.4 is 16.2 Å². The highest BCUT2D eigenvalue weighted by Crippen LogP contribution is 2.30. The van der Waals surface area contributed by atoms with Crippen LogP contribution in [-0.4, -0.2) is 43.1 Å². The van der Waals surface area contributed by atoms with Crippen LogP contribution in [0.1, 0.15) is 12.8 Å². The zero-order valence-electron chi connectivity index (χ0n) is 11.9. The van der Waals surface area contributed by atoms with Crippen LogP contribution in [0.25, 0.3) is 0 Å². The molecule has 6 nitrogen and oxygen atoms in total. The fraction of sp³-hybridized carbons (Fsp3) is 0.692. The van der Waals surface area contributed by atoms with E-state index in [2.05, 4.69) is 31.7 Å². The van der Waals surface area contributed by atoms with Gasteiger partial charge < -0.3 is 15.4 Å². The van der Waals surface area contributed by atoms with Crippen molar-refractivity contribution in [3.05, 3.63) is 21.0 Å². The van der Waals surface area contributed by atoms with Gasteiger partial charge >= 0.3 is 0 Å². The highest BCUT2D eigenvalue weighted by atomic mass is 79.9. The van der Waals surface area contributed by atoms with Gasteiger partial charge in [0.1, 0.15) is 4.47 Å². The summed E-state index contributed by atoms with van der Waals surface area (Å²) in [6.07, 6.45) is 3.79. The largest absolute Gasteiger partial charge is 0.384 e. The number of piperidine rings is 1. The standard InChI is InChI=1S/C13H21BrN4O2/c1-18-12(19)11(14)10(7-17-18)16-8-13(9-20-2)3-5-15-6-4-13/h7,15-16H,3-6,8-9H2,1-2H3. The summed E-state index contributed by atoms with van der Waals surface area (Å²) in [5.41, 5.74) is 0.712. The van der Waals surface area contributed by atoms with Crippen molar-refractivity contribution in [2.45, 2.75) is 12.8 Å². The Hall–Kier alpha value is -0.920. The molecule has 2 N–H and O–H groups in total. The minimum Gasteiger partial charge on any atom is -0.384 e. The Morgan fingerprint density at radius 3 is 2.90 bits per heavy atom. The van der Waals surface area contributed by atoms with Gasteiger partial charge in [0, 0.05) is 26.1 Å². The molecule has 1 aliphatic rings. The Labute approximate surface area is 127 Å². The molecule has 0 aliphatic carbocycles. The monoisotopic (exact) mass is 344 g/mol. The number of hydrogen-bond donors (Lipinski definition) is 2. The van der Waals surface area contributed by atoms with Gasteiger partial charge in [-0.05, 0) is 41.9 Å². The maximum absolute atomic E-state index is 11.8. The molecule has 2 rings (SSSR count). The summed E-state index contributed by atoms with van der Waals surface area (Å²) in [4.78, 5) is 11.8. The van der Waals surface area contributed by atoms with E-state index < -0.39 is 0 Å². The predicted molar refractivity (Wildman–Crippen MR) is 82.1 cm³/mol. The lowest BCUT2D eigenvalue weighted by Crippen LogP contribution is -2.44. The summed E-state index contributed by atoms with van der Waals surface area (Å²) in [6, 6.07) is 0. The molecular formula is C13H21BrN4O2. The summed E-state index contributed by atoms with van der Waals surface area (Å²) in [5.74, 6) is 0. The number of aryl methyl sites for hydroxylation is 1.